The Bertz CT molecular complexity index is 1590. The van der Waals surface area contributed by atoms with Gasteiger partial charge in [0, 0.05) is 30.4 Å². The molecule has 0 atom stereocenters. The minimum Gasteiger partial charge on any atom is -0.463 e. The van der Waals surface area contributed by atoms with E-state index >= 15 is 0 Å². The highest BCUT2D eigenvalue weighted by Gasteiger charge is 2.35. The predicted molar refractivity (Wildman–Crippen MR) is 151 cm³/mol. The van der Waals surface area contributed by atoms with Crippen molar-refractivity contribution >= 4 is 52.4 Å². The molecule has 3 aromatic heterocycles. The van der Waals surface area contributed by atoms with E-state index in [4.69, 9.17) is 37.9 Å². The Balaban J connectivity index is 1.56. The number of H-pyrrole nitrogens is 1. The number of ether oxygens (including phenoxy) is 1. The number of fused-ring (bicyclic) bond motifs is 1. The molecule has 40 heavy (non-hydrogen) atoms. The number of nitrogens with one attached hydrogen (secondary N) is 2. The summed E-state index contributed by atoms with van der Waals surface area (Å²) in [5, 5.41) is 24.9. The van der Waals surface area contributed by atoms with Gasteiger partial charge >= 0.3 is 12.2 Å². The Kier molecular flexibility index (Phi) is 7.09. The highest BCUT2D eigenvalue weighted by atomic mass is 35.5. The van der Waals surface area contributed by atoms with Gasteiger partial charge in [-0.3, -0.25) is 5.10 Å². The van der Waals surface area contributed by atoms with Crippen LogP contribution in [0.2, 0.25) is 10.0 Å². The van der Waals surface area contributed by atoms with Crippen molar-refractivity contribution in [3.8, 4) is 22.6 Å². The number of amides is 1. The van der Waals surface area contributed by atoms with Crippen LogP contribution in [0.15, 0.2) is 30.5 Å². The van der Waals surface area contributed by atoms with Crippen LogP contribution in [0.5, 0.6) is 0 Å². The van der Waals surface area contributed by atoms with E-state index in [2.05, 4.69) is 20.6 Å². The van der Waals surface area contributed by atoms with Crippen molar-refractivity contribution in [2.24, 2.45) is 0 Å². The number of alkyl carbamates (subject to hydrolysis) is 1. The number of aromatic nitrogens is 6. The number of piperidine rings is 1. The molecule has 0 bridgehead atoms. The van der Waals surface area contributed by atoms with Crippen LogP contribution in [0.25, 0.3) is 33.8 Å². The van der Waals surface area contributed by atoms with Crippen LogP contribution in [0.1, 0.15) is 40.5 Å². The van der Waals surface area contributed by atoms with Gasteiger partial charge in [0.25, 0.3) is 0 Å². The minimum absolute atomic E-state index is 0.0491. The zero-order valence-corrected chi connectivity index (χ0v) is 23.8. The number of carbonyl (C=O) groups is 2. The second-order valence-electron chi connectivity index (χ2n) is 10.8. The van der Waals surface area contributed by atoms with Crippen LogP contribution in [0.4, 0.5) is 15.4 Å². The number of halogens is 2. The first-order valence-corrected chi connectivity index (χ1v) is 13.4. The first-order valence-electron chi connectivity index (χ1n) is 12.6. The van der Waals surface area contributed by atoms with E-state index in [-0.39, 0.29) is 21.9 Å². The van der Waals surface area contributed by atoms with Gasteiger partial charge in [-0.1, -0.05) is 35.3 Å². The number of rotatable bonds is 4. The molecule has 0 spiro atoms. The molecule has 1 aliphatic rings. The summed E-state index contributed by atoms with van der Waals surface area (Å²) in [5.74, 6) is 0.449. The average Bonchev–Trinajstić information content (AvgIpc) is 3.52. The van der Waals surface area contributed by atoms with Gasteiger partial charge in [0.2, 0.25) is 0 Å². The third-order valence-corrected chi connectivity index (χ3v) is 7.40. The Hall–Kier alpha value is -3.90. The normalized spacial score (nSPS) is 15.3. The molecule has 1 amide bonds. The highest BCUT2D eigenvalue weighted by molar-refractivity contribution is 6.43. The molecule has 0 saturated carbocycles. The highest BCUT2D eigenvalue weighted by Crippen LogP contribution is 2.38. The standard InChI is InChI=1S/C26H28Cl2N8O4/c1-25(2,3)40-23(37)32-26(4)9-12-35(13-10-26)21-19(16-8-11-29-33-16)30-20-18(14-6-5-7-15(27)17(14)28)34-36(24(38)39)22(20)31-21/h5-8,11H,9-10,12-13H2,1-4H3,(H,29,33)(H,32,37)(H,38,39). The summed E-state index contributed by atoms with van der Waals surface area (Å²) in [5.41, 5.74) is 0.811. The lowest BCUT2D eigenvalue weighted by molar-refractivity contribution is 0.0448. The van der Waals surface area contributed by atoms with E-state index in [1.165, 1.54) is 0 Å². The van der Waals surface area contributed by atoms with E-state index < -0.39 is 23.3 Å². The molecular weight excluding hydrogens is 559 g/mol. The molecule has 210 valence electrons. The maximum Gasteiger partial charge on any atom is 0.434 e. The van der Waals surface area contributed by atoms with Crippen LogP contribution in [0, 0.1) is 0 Å². The molecule has 3 N–H and O–H groups in total. The van der Waals surface area contributed by atoms with E-state index in [1.807, 2.05) is 32.6 Å². The molecule has 4 heterocycles. The Labute approximate surface area is 239 Å². The van der Waals surface area contributed by atoms with Crippen molar-refractivity contribution in [1.82, 2.24) is 35.3 Å². The topological polar surface area (TPSA) is 151 Å². The maximum absolute atomic E-state index is 12.4. The lowest BCUT2D eigenvalue weighted by Gasteiger charge is -2.40. The van der Waals surface area contributed by atoms with Crippen LogP contribution < -0.4 is 10.2 Å². The van der Waals surface area contributed by atoms with Crippen LogP contribution in [-0.4, -0.2) is 71.5 Å². The number of carbonyl (C=O) groups excluding carboxylic acids is 1. The van der Waals surface area contributed by atoms with Gasteiger partial charge in [0.05, 0.1) is 10.0 Å². The monoisotopic (exact) mass is 586 g/mol. The summed E-state index contributed by atoms with van der Waals surface area (Å²) >= 11 is 12.7. The van der Waals surface area contributed by atoms with Crippen molar-refractivity contribution in [2.75, 3.05) is 18.0 Å². The van der Waals surface area contributed by atoms with Crippen LogP contribution in [0.3, 0.4) is 0 Å². The van der Waals surface area contributed by atoms with Gasteiger partial charge in [0.15, 0.2) is 11.5 Å². The fourth-order valence-electron chi connectivity index (χ4n) is 4.59. The summed E-state index contributed by atoms with van der Waals surface area (Å²) in [6.07, 6.45) is 1.05. The molecule has 0 unspecified atom stereocenters. The van der Waals surface area contributed by atoms with Gasteiger partial charge in [-0.25, -0.2) is 19.6 Å². The Morgan fingerprint density at radius 1 is 1.12 bits per heavy atom. The van der Waals surface area contributed by atoms with Gasteiger partial charge in [-0.05, 0) is 52.7 Å². The summed E-state index contributed by atoms with van der Waals surface area (Å²) < 4.78 is 6.23. The molecule has 1 aromatic carbocycles. The zero-order valence-electron chi connectivity index (χ0n) is 22.3. The van der Waals surface area contributed by atoms with Gasteiger partial charge in [-0.2, -0.15) is 10.2 Å². The molecule has 0 radical (unpaired) electrons. The number of nitrogens with zero attached hydrogens (tertiary/aromatic N) is 6. The largest absolute Gasteiger partial charge is 0.463 e. The molecule has 4 aromatic rings. The second-order valence-corrected chi connectivity index (χ2v) is 11.6. The number of anilines is 1. The molecule has 1 aliphatic heterocycles. The molecule has 0 aliphatic carbocycles. The first kappa shape index (κ1) is 27.7. The fraction of sp³-hybridized carbons (Fsp3) is 0.385. The number of benzene rings is 1. The summed E-state index contributed by atoms with van der Waals surface area (Å²) in [4.78, 5) is 36.2. The van der Waals surface area contributed by atoms with Crippen molar-refractivity contribution in [3.63, 3.8) is 0 Å². The first-order chi connectivity index (χ1) is 18.8. The summed E-state index contributed by atoms with van der Waals surface area (Å²) in [7, 11) is 0. The number of hydrogen-bond acceptors (Lipinski definition) is 8. The summed E-state index contributed by atoms with van der Waals surface area (Å²) in [6, 6.07) is 6.77. The second kappa shape index (κ2) is 10.3. The summed E-state index contributed by atoms with van der Waals surface area (Å²) in [6.45, 7) is 8.44. The number of carboxylic acid groups (broad SMARTS) is 1. The lowest BCUT2D eigenvalue weighted by atomic mass is 9.89. The van der Waals surface area contributed by atoms with Gasteiger partial charge in [-0.15, -0.1) is 4.68 Å². The predicted octanol–water partition coefficient (Wildman–Crippen LogP) is 5.60. The smallest absolute Gasteiger partial charge is 0.434 e. The van der Waals surface area contributed by atoms with Crippen LogP contribution in [-0.2, 0) is 4.74 Å². The van der Waals surface area contributed by atoms with Crippen molar-refractivity contribution < 1.29 is 19.4 Å². The molecule has 14 heteroatoms. The van der Waals surface area contributed by atoms with E-state index in [1.54, 1.807) is 30.5 Å². The quantitative estimate of drug-likeness (QED) is 0.277. The third kappa shape index (κ3) is 5.41. The van der Waals surface area contributed by atoms with E-state index in [9.17, 15) is 14.7 Å². The third-order valence-electron chi connectivity index (χ3n) is 6.58. The molecular formula is C26H28Cl2N8O4. The van der Waals surface area contributed by atoms with E-state index in [0.29, 0.717) is 53.7 Å². The minimum atomic E-state index is -1.32. The van der Waals surface area contributed by atoms with Gasteiger partial charge in [0.1, 0.15) is 28.2 Å². The number of aromatic amines is 1. The Morgan fingerprint density at radius 2 is 1.85 bits per heavy atom. The average molecular weight is 587 g/mol. The SMILES string of the molecule is CC1(NC(=O)OC(C)(C)C)CCN(c2nc3c(nc2-c2cc[nH]n2)c(-c2cccc(Cl)c2Cl)nn3C(=O)O)CC1. The zero-order chi connectivity index (χ0) is 28.8. The van der Waals surface area contributed by atoms with Crippen molar-refractivity contribution in [3.05, 3.63) is 40.5 Å². The van der Waals surface area contributed by atoms with E-state index in [0.717, 1.165) is 4.68 Å². The molecule has 5 rings (SSSR count). The molecule has 1 fully saturated rings. The fourth-order valence-corrected chi connectivity index (χ4v) is 4.98. The maximum atomic E-state index is 12.4. The lowest BCUT2D eigenvalue weighted by Crippen LogP contribution is -2.54. The van der Waals surface area contributed by atoms with Gasteiger partial charge < -0.3 is 20.1 Å². The van der Waals surface area contributed by atoms with Crippen molar-refractivity contribution in [1.29, 1.82) is 0 Å². The molecule has 1 saturated heterocycles. The van der Waals surface area contributed by atoms with Crippen molar-refractivity contribution in [2.45, 2.75) is 51.7 Å². The Morgan fingerprint density at radius 3 is 2.48 bits per heavy atom. The van der Waals surface area contributed by atoms with Crippen LogP contribution >= 0.6 is 23.2 Å². The number of hydrogen-bond donors (Lipinski definition) is 3. The molecule has 12 nitrogen and oxygen atoms in total.